The quantitative estimate of drug-likeness (QED) is 0.726. The van der Waals surface area contributed by atoms with Crippen LogP contribution in [0.4, 0.5) is 0 Å². The zero-order valence-corrected chi connectivity index (χ0v) is 15.1. The largest absolute Gasteiger partial charge is 0.496 e. The van der Waals surface area contributed by atoms with Gasteiger partial charge in [-0.25, -0.2) is 0 Å². The van der Waals surface area contributed by atoms with Crippen LogP contribution in [0.5, 0.6) is 5.75 Å². The number of carbonyl (C=O) groups is 1. The third-order valence-electron chi connectivity index (χ3n) is 3.55. The van der Waals surface area contributed by atoms with E-state index in [1.807, 2.05) is 6.07 Å². The van der Waals surface area contributed by atoms with Crippen LogP contribution in [0.2, 0.25) is 0 Å². The third kappa shape index (κ3) is 5.76. The van der Waals surface area contributed by atoms with Gasteiger partial charge in [0.05, 0.1) is 12.7 Å². The van der Waals surface area contributed by atoms with Crippen LogP contribution in [-0.2, 0) is 0 Å². The fourth-order valence-electron chi connectivity index (χ4n) is 2.39. The lowest BCUT2D eigenvalue weighted by atomic mass is 10.2. The molecule has 0 bridgehead atoms. The molecule has 0 aliphatic carbocycles. The summed E-state index contributed by atoms with van der Waals surface area (Å²) < 4.78 is 6.14. The second kappa shape index (κ2) is 10.0. The molecular formula is C15H23BrClN3O2. The van der Waals surface area contributed by atoms with E-state index in [4.69, 9.17) is 4.74 Å². The summed E-state index contributed by atoms with van der Waals surface area (Å²) in [5.74, 6) is 0.503. The second-order valence-electron chi connectivity index (χ2n) is 5.05. The van der Waals surface area contributed by atoms with Gasteiger partial charge in [-0.2, -0.15) is 0 Å². The maximum Gasteiger partial charge on any atom is 0.255 e. The van der Waals surface area contributed by atoms with Gasteiger partial charge in [0.15, 0.2) is 0 Å². The highest BCUT2D eigenvalue weighted by molar-refractivity contribution is 9.10. The van der Waals surface area contributed by atoms with Gasteiger partial charge in [0.25, 0.3) is 5.91 Å². The van der Waals surface area contributed by atoms with Gasteiger partial charge >= 0.3 is 0 Å². The third-order valence-corrected chi connectivity index (χ3v) is 4.05. The lowest BCUT2D eigenvalue weighted by Gasteiger charge is -2.27. The fraction of sp³-hybridized carbons (Fsp3) is 0.533. The molecule has 1 amide bonds. The molecule has 1 aromatic carbocycles. The monoisotopic (exact) mass is 391 g/mol. The molecule has 5 nitrogen and oxygen atoms in total. The van der Waals surface area contributed by atoms with Crippen LogP contribution in [0.3, 0.4) is 0 Å². The molecule has 2 N–H and O–H groups in total. The first-order chi connectivity index (χ1) is 10.2. The number of hydrogen-bond acceptors (Lipinski definition) is 4. The molecule has 0 spiro atoms. The Labute approximate surface area is 146 Å². The maximum atomic E-state index is 12.2. The Morgan fingerprint density at radius 3 is 2.82 bits per heavy atom. The number of benzene rings is 1. The molecule has 1 saturated heterocycles. The number of carbonyl (C=O) groups excluding carboxylic acids is 1. The van der Waals surface area contributed by atoms with Crippen molar-refractivity contribution >= 4 is 34.2 Å². The molecule has 22 heavy (non-hydrogen) atoms. The Morgan fingerprint density at radius 2 is 2.14 bits per heavy atom. The minimum atomic E-state index is -0.0836. The van der Waals surface area contributed by atoms with Crippen LogP contribution in [-0.4, -0.2) is 57.2 Å². The highest BCUT2D eigenvalue weighted by atomic mass is 79.9. The SMILES string of the molecule is COc1cc(Br)ccc1C(=O)NCCCN1CCNCC1.Cl. The number of piperazine rings is 1. The number of rotatable bonds is 6. The molecule has 0 saturated carbocycles. The summed E-state index contributed by atoms with van der Waals surface area (Å²) >= 11 is 3.37. The summed E-state index contributed by atoms with van der Waals surface area (Å²) in [6.45, 7) is 6.01. The van der Waals surface area contributed by atoms with Gasteiger partial charge in [0.2, 0.25) is 0 Å². The highest BCUT2D eigenvalue weighted by Crippen LogP contribution is 2.23. The van der Waals surface area contributed by atoms with Crippen molar-refractivity contribution in [2.45, 2.75) is 6.42 Å². The van der Waals surface area contributed by atoms with E-state index in [0.29, 0.717) is 17.9 Å². The average molecular weight is 393 g/mol. The Morgan fingerprint density at radius 1 is 1.41 bits per heavy atom. The maximum absolute atomic E-state index is 12.2. The summed E-state index contributed by atoms with van der Waals surface area (Å²) in [5, 5.41) is 6.29. The van der Waals surface area contributed by atoms with Crippen molar-refractivity contribution in [1.82, 2.24) is 15.5 Å². The predicted octanol–water partition coefficient (Wildman–Crippen LogP) is 1.90. The molecule has 0 aromatic heterocycles. The topological polar surface area (TPSA) is 53.6 Å². The molecule has 0 unspecified atom stereocenters. The Balaban J connectivity index is 0.00000242. The van der Waals surface area contributed by atoms with Crippen molar-refractivity contribution in [3.05, 3.63) is 28.2 Å². The minimum Gasteiger partial charge on any atom is -0.496 e. The predicted molar refractivity (Wildman–Crippen MR) is 94.2 cm³/mol. The molecule has 1 aromatic rings. The van der Waals surface area contributed by atoms with Crippen molar-refractivity contribution < 1.29 is 9.53 Å². The molecule has 1 aliphatic rings. The second-order valence-corrected chi connectivity index (χ2v) is 5.96. The Bertz CT molecular complexity index is 482. The zero-order chi connectivity index (χ0) is 15.1. The molecule has 1 fully saturated rings. The first-order valence-corrected chi connectivity index (χ1v) is 8.05. The fourth-order valence-corrected chi connectivity index (χ4v) is 2.73. The molecular weight excluding hydrogens is 370 g/mol. The minimum absolute atomic E-state index is 0. The smallest absolute Gasteiger partial charge is 0.255 e. The lowest BCUT2D eigenvalue weighted by Crippen LogP contribution is -2.44. The summed E-state index contributed by atoms with van der Waals surface area (Å²) in [7, 11) is 1.57. The summed E-state index contributed by atoms with van der Waals surface area (Å²) in [4.78, 5) is 14.6. The molecule has 1 aliphatic heterocycles. The normalized spacial score (nSPS) is 15.0. The van der Waals surface area contributed by atoms with Crippen molar-refractivity contribution in [2.75, 3.05) is 46.4 Å². The van der Waals surface area contributed by atoms with E-state index < -0.39 is 0 Å². The van der Waals surface area contributed by atoms with Gasteiger partial charge in [0, 0.05) is 37.2 Å². The van der Waals surface area contributed by atoms with Crippen LogP contribution in [0, 0.1) is 0 Å². The van der Waals surface area contributed by atoms with E-state index in [1.165, 1.54) is 0 Å². The average Bonchev–Trinajstić information content (AvgIpc) is 2.52. The van der Waals surface area contributed by atoms with Crippen molar-refractivity contribution in [3.63, 3.8) is 0 Å². The van der Waals surface area contributed by atoms with E-state index in [2.05, 4.69) is 31.5 Å². The molecule has 0 atom stereocenters. The summed E-state index contributed by atoms with van der Waals surface area (Å²) in [6.07, 6.45) is 0.963. The van der Waals surface area contributed by atoms with E-state index in [1.54, 1.807) is 19.2 Å². The number of methoxy groups -OCH3 is 1. The van der Waals surface area contributed by atoms with Gasteiger partial charge in [-0.05, 0) is 31.2 Å². The van der Waals surface area contributed by atoms with Gasteiger partial charge < -0.3 is 20.3 Å². The number of hydrogen-bond donors (Lipinski definition) is 2. The molecule has 7 heteroatoms. The molecule has 2 rings (SSSR count). The van der Waals surface area contributed by atoms with Gasteiger partial charge in [0.1, 0.15) is 5.75 Å². The van der Waals surface area contributed by atoms with E-state index >= 15 is 0 Å². The van der Waals surface area contributed by atoms with Crippen LogP contribution in [0.25, 0.3) is 0 Å². The van der Waals surface area contributed by atoms with Gasteiger partial charge in [-0.1, -0.05) is 15.9 Å². The van der Waals surface area contributed by atoms with Crippen LogP contribution in [0.1, 0.15) is 16.8 Å². The standard InChI is InChI=1S/C15H22BrN3O2.ClH/c1-21-14-11-12(16)3-4-13(14)15(20)18-5-2-8-19-9-6-17-7-10-19;/h3-4,11,17H,2,5-10H2,1H3,(H,18,20);1H. The lowest BCUT2D eigenvalue weighted by molar-refractivity contribution is 0.0948. The van der Waals surface area contributed by atoms with Gasteiger partial charge in [-0.15, -0.1) is 12.4 Å². The van der Waals surface area contributed by atoms with Crippen molar-refractivity contribution in [1.29, 1.82) is 0 Å². The number of nitrogens with zero attached hydrogens (tertiary/aromatic N) is 1. The molecule has 1 heterocycles. The van der Waals surface area contributed by atoms with Crippen LogP contribution >= 0.6 is 28.3 Å². The van der Waals surface area contributed by atoms with Crippen molar-refractivity contribution in [2.24, 2.45) is 0 Å². The molecule has 124 valence electrons. The molecule has 0 radical (unpaired) electrons. The van der Waals surface area contributed by atoms with Crippen LogP contribution < -0.4 is 15.4 Å². The summed E-state index contributed by atoms with van der Waals surface area (Å²) in [6, 6.07) is 5.42. The number of nitrogens with one attached hydrogen (secondary N) is 2. The van der Waals surface area contributed by atoms with Crippen molar-refractivity contribution in [3.8, 4) is 5.75 Å². The number of halogens is 2. The van der Waals surface area contributed by atoms with E-state index in [-0.39, 0.29) is 18.3 Å². The Hall–Kier alpha value is -0.820. The Kier molecular flexibility index (Phi) is 8.78. The first kappa shape index (κ1) is 19.2. The first-order valence-electron chi connectivity index (χ1n) is 7.25. The van der Waals surface area contributed by atoms with Gasteiger partial charge in [-0.3, -0.25) is 4.79 Å². The number of amides is 1. The highest BCUT2D eigenvalue weighted by Gasteiger charge is 2.13. The van der Waals surface area contributed by atoms with Crippen LogP contribution in [0.15, 0.2) is 22.7 Å². The van der Waals surface area contributed by atoms with E-state index in [0.717, 1.165) is 43.6 Å². The number of ether oxygens (including phenoxy) is 1. The van der Waals surface area contributed by atoms with E-state index in [9.17, 15) is 4.79 Å². The zero-order valence-electron chi connectivity index (χ0n) is 12.7. The summed E-state index contributed by atoms with van der Waals surface area (Å²) in [5.41, 5.74) is 0.572.